The molecule has 3 aromatic rings. The van der Waals surface area contributed by atoms with Gasteiger partial charge in [-0.25, -0.2) is 18.0 Å². The zero-order chi connectivity index (χ0) is 41.4. The van der Waals surface area contributed by atoms with E-state index >= 15 is 0 Å². The molecular formula is C33H36Cl2F5N3O11S2. The summed E-state index contributed by atoms with van der Waals surface area (Å²) in [6, 6.07) is 5.55. The molecule has 1 saturated heterocycles. The van der Waals surface area contributed by atoms with Crippen LogP contribution in [0.2, 0.25) is 10.0 Å². The molecule has 2 aliphatic rings. The predicted molar refractivity (Wildman–Crippen MR) is 193 cm³/mol. The van der Waals surface area contributed by atoms with Crippen molar-refractivity contribution in [3.05, 3.63) is 67.9 Å². The molecular weight excluding hydrogens is 844 g/mol. The summed E-state index contributed by atoms with van der Waals surface area (Å²) in [5.74, 6) is -3.32. The molecule has 1 saturated carbocycles. The number of ether oxygens (including phenoxy) is 5. The molecule has 0 spiro atoms. The highest BCUT2D eigenvalue weighted by atomic mass is 35.5. The number of carbonyl (C=O) groups is 2. The van der Waals surface area contributed by atoms with E-state index in [0.29, 0.717) is 49.1 Å². The van der Waals surface area contributed by atoms with Crippen LogP contribution in [0.15, 0.2) is 36.7 Å². The maximum absolute atomic E-state index is 13.8. The molecule has 2 aromatic heterocycles. The number of carboxylic acids is 1. The predicted octanol–water partition coefficient (Wildman–Crippen LogP) is 5.96. The zero-order valence-corrected chi connectivity index (χ0v) is 32.7. The number of sulfonamides is 1. The van der Waals surface area contributed by atoms with Gasteiger partial charge in [0.25, 0.3) is 0 Å². The lowest BCUT2D eigenvalue weighted by Crippen LogP contribution is -2.42. The molecule has 1 aliphatic heterocycles. The van der Waals surface area contributed by atoms with Gasteiger partial charge in [-0.3, -0.25) is 9.21 Å². The van der Waals surface area contributed by atoms with Crippen molar-refractivity contribution < 1.29 is 73.5 Å². The fourth-order valence-corrected chi connectivity index (χ4v) is 7.97. The highest BCUT2D eigenvalue weighted by molar-refractivity contribution is 7.92. The number of rotatable bonds is 16. The molecule has 310 valence electrons. The molecule has 0 radical (unpaired) electrons. The summed E-state index contributed by atoms with van der Waals surface area (Å²) in [6.45, 7) is 0.122. The Balaban J connectivity index is 0.000000908. The second kappa shape index (κ2) is 19.5. The molecule has 14 nitrogen and oxygen atoms in total. The lowest BCUT2D eigenvalue weighted by Gasteiger charge is -2.29. The van der Waals surface area contributed by atoms with Gasteiger partial charge in [0.1, 0.15) is 26.0 Å². The number of morpholine rings is 1. The lowest BCUT2D eigenvalue weighted by molar-refractivity contribution is -0.605. The summed E-state index contributed by atoms with van der Waals surface area (Å²) >= 11 is 13.6. The quantitative estimate of drug-likeness (QED) is 0.0778. The van der Waals surface area contributed by atoms with Gasteiger partial charge in [-0.2, -0.15) is 26.7 Å². The number of anilines is 1. The molecule has 1 aliphatic carbocycles. The molecule has 1 atom stereocenters. The minimum absolute atomic E-state index is 0.00977. The maximum Gasteiger partial charge on any atom is 0.490 e. The Kier molecular flexibility index (Phi) is 15.6. The monoisotopic (exact) mass is 879 g/mol. The summed E-state index contributed by atoms with van der Waals surface area (Å²) in [7, 11) is -2.43. The molecule has 0 amide bonds. The van der Waals surface area contributed by atoms with Crippen LogP contribution in [-0.2, 0) is 30.7 Å². The number of aromatic nitrogens is 1. The maximum atomic E-state index is 13.8. The van der Waals surface area contributed by atoms with Crippen LogP contribution in [0.4, 0.5) is 27.0 Å². The summed E-state index contributed by atoms with van der Waals surface area (Å²) in [5, 5.41) is 19.3. The minimum Gasteiger partial charge on any atom is -0.619 e. The number of alkyl halides is 5. The van der Waals surface area contributed by atoms with E-state index in [9.17, 15) is 40.4 Å². The van der Waals surface area contributed by atoms with Crippen molar-refractivity contribution >= 4 is 61.5 Å². The van der Waals surface area contributed by atoms with Crippen LogP contribution in [0, 0.1) is 11.1 Å². The van der Waals surface area contributed by atoms with E-state index in [1.165, 1.54) is 35.7 Å². The van der Waals surface area contributed by atoms with Gasteiger partial charge in [0.2, 0.25) is 10.0 Å². The molecule has 23 heteroatoms. The number of methoxy groups -OCH3 is 1. The Morgan fingerprint density at radius 3 is 2.27 bits per heavy atom. The second-order valence-corrected chi connectivity index (χ2v) is 16.1. The Bertz CT molecular complexity index is 1920. The van der Waals surface area contributed by atoms with E-state index in [-0.39, 0.29) is 62.3 Å². The number of aliphatic carboxylic acids is 1. The first-order valence-electron chi connectivity index (χ1n) is 16.5. The van der Waals surface area contributed by atoms with Crippen LogP contribution < -0.4 is 23.2 Å². The number of carbonyl (C=O) groups excluding carboxylic acids is 1. The number of nitrogens with zero attached hydrogens (tertiary/aromatic N) is 3. The molecule has 1 N–H and O–H groups in total. The highest BCUT2D eigenvalue weighted by Crippen LogP contribution is 2.42. The minimum atomic E-state index is -5.08. The fraction of sp³-hybridized carbons (Fsp3) is 0.485. The van der Waals surface area contributed by atoms with E-state index in [4.69, 9.17) is 52.1 Å². The van der Waals surface area contributed by atoms with Gasteiger partial charge >= 0.3 is 24.7 Å². The number of esters is 1. The van der Waals surface area contributed by atoms with E-state index in [0.717, 1.165) is 42.8 Å². The largest absolute Gasteiger partial charge is 0.619 e. The Labute approximate surface area is 331 Å². The SMILES string of the molecule is COc1cc(C(=O)O[C@@H](Cc2c(Cl)c[n+]([O-])cc2Cl)c2ccc(OC(F)F)c(OCC3CC3)c2)sc1N(CCN1CCOCC1)S(C)(=O)=O.O=C(O)C(F)(F)F. The van der Waals surface area contributed by atoms with E-state index in [1.54, 1.807) is 0 Å². The van der Waals surface area contributed by atoms with Crippen molar-refractivity contribution in [2.75, 3.05) is 63.7 Å². The Morgan fingerprint density at radius 2 is 1.73 bits per heavy atom. The summed E-state index contributed by atoms with van der Waals surface area (Å²) in [6.07, 6.45) is -1.17. The first kappa shape index (κ1) is 44.8. The Hall–Kier alpha value is -3.89. The molecule has 3 heterocycles. The number of hydrogen-bond acceptors (Lipinski definition) is 12. The number of carboxylic acid groups (broad SMARTS) is 1. The van der Waals surface area contributed by atoms with Gasteiger partial charge < -0.3 is 34.0 Å². The van der Waals surface area contributed by atoms with Crippen LogP contribution >= 0.6 is 34.5 Å². The van der Waals surface area contributed by atoms with Gasteiger partial charge in [0.15, 0.2) is 29.6 Å². The summed E-state index contributed by atoms with van der Waals surface area (Å²) in [5.41, 5.74) is 0.621. The first-order valence-corrected chi connectivity index (χ1v) is 19.9. The number of hydrogen-bond donors (Lipinski definition) is 1. The fourth-order valence-electron chi connectivity index (χ4n) is 5.11. The van der Waals surface area contributed by atoms with Crippen molar-refractivity contribution in [3.63, 3.8) is 0 Å². The van der Waals surface area contributed by atoms with Crippen LogP contribution in [0.3, 0.4) is 0 Å². The molecule has 0 unspecified atom stereocenters. The van der Waals surface area contributed by atoms with Crippen LogP contribution in [-0.4, -0.2) is 103 Å². The van der Waals surface area contributed by atoms with Gasteiger partial charge in [0.05, 0.1) is 33.2 Å². The highest BCUT2D eigenvalue weighted by Gasteiger charge is 2.38. The molecule has 1 aromatic carbocycles. The third-order valence-corrected chi connectivity index (χ3v) is 11.2. The zero-order valence-electron chi connectivity index (χ0n) is 29.6. The van der Waals surface area contributed by atoms with Crippen LogP contribution in [0.25, 0.3) is 0 Å². The van der Waals surface area contributed by atoms with Crippen molar-refractivity contribution in [1.82, 2.24) is 4.90 Å². The van der Waals surface area contributed by atoms with Gasteiger partial charge in [0, 0.05) is 44.2 Å². The van der Waals surface area contributed by atoms with Crippen molar-refractivity contribution in [2.24, 2.45) is 5.92 Å². The summed E-state index contributed by atoms with van der Waals surface area (Å²) < 4.78 is 113. The van der Waals surface area contributed by atoms with Gasteiger partial charge in [-0.15, -0.1) is 11.3 Å². The number of benzene rings is 1. The van der Waals surface area contributed by atoms with Gasteiger partial charge in [-0.1, -0.05) is 29.3 Å². The third-order valence-electron chi connectivity index (χ3n) is 8.12. The summed E-state index contributed by atoms with van der Waals surface area (Å²) in [4.78, 5) is 24.8. The topological polar surface area (TPSA) is 168 Å². The standard InChI is InChI=1S/C31H35Cl2F2N3O9S2.C2HF3O2/c1-43-27-15-28(48-29(27)38(49(2,41)42)8-7-36-9-11-44-12-10-36)30(39)46-25(14-21-22(32)16-37(40)17-23(21)33)20-5-6-24(47-31(34)35)26(13-20)45-18-19-3-4-19;3-2(4,5)1(6)7/h5-6,13,15-17,19,25,31H,3-4,7-12,14,18H2,1-2H3;(H,6,7)/t25-;/m0./s1. The number of pyridine rings is 1. The average molecular weight is 881 g/mol. The number of thiophene rings is 1. The van der Waals surface area contributed by atoms with E-state index in [1.807, 2.05) is 0 Å². The average Bonchev–Trinajstić information content (AvgIpc) is 3.85. The second-order valence-electron chi connectivity index (χ2n) is 12.3. The van der Waals surface area contributed by atoms with Crippen molar-refractivity contribution in [1.29, 1.82) is 0 Å². The first-order chi connectivity index (χ1) is 26.3. The normalized spacial score (nSPS) is 15.4. The molecule has 56 heavy (non-hydrogen) atoms. The van der Waals surface area contributed by atoms with Crippen molar-refractivity contribution in [2.45, 2.75) is 38.2 Å². The number of halogens is 7. The van der Waals surface area contributed by atoms with E-state index in [2.05, 4.69) is 9.64 Å². The molecule has 2 fully saturated rings. The smallest absolute Gasteiger partial charge is 0.490 e. The van der Waals surface area contributed by atoms with E-state index < -0.39 is 40.9 Å². The lowest BCUT2D eigenvalue weighted by atomic mass is 10.0. The molecule has 5 rings (SSSR count). The van der Waals surface area contributed by atoms with Crippen molar-refractivity contribution in [3.8, 4) is 17.2 Å². The van der Waals surface area contributed by atoms with Gasteiger partial charge in [-0.05, 0) is 36.5 Å². The molecule has 0 bridgehead atoms. The van der Waals surface area contributed by atoms with Crippen LogP contribution in [0.5, 0.6) is 17.2 Å². The third kappa shape index (κ3) is 13.1. The van der Waals surface area contributed by atoms with Crippen LogP contribution in [0.1, 0.15) is 39.7 Å². The Morgan fingerprint density at radius 1 is 1.11 bits per heavy atom.